The van der Waals surface area contributed by atoms with E-state index in [-0.39, 0.29) is 0 Å². The lowest BCUT2D eigenvalue weighted by Gasteiger charge is -2.11. The Balaban J connectivity index is 1.68. The maximum absolute atomic E-state index is 2.39. The highest BCUT2D eigenvalue weighted by Crippen LogP contribution is 2.43. The Labute approximate surface area is 119 Å². The van der Waals surface area contributed by atoms with Crippen LogP contribution in [0.3, 0.4) is 0 Å². The largest absolute Gasteiger partial charge is 0.0654 e. The minimum atomic E-state index is 0.783. The second-order valence-corrected chi connectivity index (χ2v) is 6.37. The molecule has 1 aliphatic rings. The molecule has 0 aromatic heterocycles. The van der Waals surface area contributed by atoms with E-state index in [9.17, 15) is 0 Å². The van der Waals surface area contributed by atoms with Crippen molar-refractivity contribution < 1.29 is 0 Å². The monoisotopic (exact) mass is 258 g/mol. The molecule has 1 aliphatic carbocycles. The van der Waals surface area contributed by atoms with E-state index in [1.807, 2.05) is 0 Å². The zero-order valence-corrected chi connectivity index (χ0v) is 12.8. The number of fused-ring (bicyclic) bond motifs is 1. The molecule has 0 heteroatoms. The molecule has 1 aromatic carbocycles. The second kappa shape index (κ2) is 7.72. The van der Waals surface area contributed by atoms with Crippen LogP contribution in [0.4, 0.5) is 0 Å². The van der Waals surface area contributed by atoms with E-state index < -0.39 is 0 Å². The van der Waals surface area contributed by atoms with Crippen molar-refractivity contribution in [1.82, 2.24) is 0 Å². The molecule has 2 rings (SSSR count). The van der Waals surface area contributed by atoms with Crippen LogP contribution in [-0.2, 0) is 0 Å². The fourth-order valence-electron chi connectivity index (χ4n) is 3.63. The third-order valence-corrected chi connectivity index (χ3v) is 4.76. The predicted octanol–water partition coefficient (Wildman–Crippen LogP) is 6.42. The number of benzene rings is 1. The van der Waals surface area contributed by atoms with Crippen LogP contribution in [0.25, 0.3) is 0 Å². The van der Waals surface area contributed by atoms with Gasteiger partial charge in [0.2, 0.25) is 0 Å². The fraction of sp³-hybridized carbons (Fsp3) is 0.684. The van der Waals surface area contributed by atoms with Crippen LogP contribution in [0.2, 0.25) is 0 Å². The van der Waals surface area contributed by atoms with Crippen molar-refractivity contribution in [2.75, 3.05) is 0 Å². The summed E-state index contributed by atoms with van der Waals surface area (Å²) in [5.41, 5.74) is 3.27. The van der Waals surface area contributed by atoms with Crippen LogP contribution in [0.5, 0.6) is 0 Å². The molecule has 1 aromatic rings. The Morgan fingerprint density at radius 1 is 0.895 bits per heavy atom. The van der Waals surface area contributed by atoms with Gasteiger partial charge in [0.05, 0.1) is 0 Å². The molecule has 0 fully saturated rings. The fourth-order valence-corrected chi connectivity index (χ4v) is 3.63. The van der Waals surface area contributed by atoms with E-state index >= 15 is 0 Å². The van der Waals surface area contributed by atoms with Gasteiger partial charge in [-0.15, -0.1) is 0 Å². The Kier molecular flexibility index (Phi) is 5.94. The average molecular weight is 258 g/mol. The standard InChI is InChI=1S/C19H30/c1-3-4-5-6-7-8-9-12-17-15-16(2)18-13-10-11-14-19(17)18/h10-11,13-14,16-17H,3-9,12,15H2,1-2H3. The molecule has 0 saturated heterocycles. The van der Waals surface area contributed by atoms with Gasteiger partial charge in [0.1, 0.15) is 0 Å². The van der Waals surface area contributed by atoms with Crippen LogP contribution < -0.4 is 0 Å². The van der Waals surface area contributed by atoms with Gasteiger partial charge in [0.25, 0.3) is 0 Å². The molecule has 0 bridgehead atoms. The Morgan fingerprint density at radius 3 is 2.26 bits per heavy atom. The summed E-state index contributed by atoms with van der Waals surface area (Å²) in [7, 11) is 0. The Hall–Kier alpha value is -0.780. The summed E-state index contributed by atoms with van der Waals surface area (Å²) in [6, 6.07) is 9.12. The molecule has 0 nitrogen and oxygen atoms in total. The number of unbranched alkanes of at least 4 members (excludes halogenated alkanes) is 6. The smallest absolute Gasteiger partial charge is 0.0153 e. The molecule has 0 radical (unpaired) electrons. The van der Waals surface area contributed by atoms with Crippen molar-refractivity contribution >= 4 is 0 Å². The van der Waals surface area contributed by atoms with Gasteiger partial charge in [-0.2, -0.15) is 0 Å². The van der Waals surface area contributed by atoms with Gasteiger partial charge < -0.3 is 0 Å². The van der Waals surface area contributed by atoms with Crippen molar-refractivity contribution in [3.8, 4) is 0 Å². The van der Waals surface area contributed by atoms with Gasteiger partial charge in [-0.05, 0) is 35.8 Å². The summed E-state index contributed by atoms with van der Waals surface area (Å²) in [4.78, 5) is 0. The highest BCUT2D eigenvalue weighted by molar-refractivity contribution is 5.37. The summed E-state index contributed by atoms with van der Waals surface area (Å²) in [6.45, 7) is 4.68. The number of hydrogen-bond acceptors (Lipinski definition) is 0. The normalized spacial score (nSPS) is 21.6. The first-order valence-electron chi connectivity index (χ1n) is 8.41. The van der Waals surface area contributed by atoms with Gasteiger partial charge in [-0.25, -0.2) is 0 Å². The van der Waals surface area contributed by atoms with Gasteiger partial charge in [0.15, 0.2) is 0 Å². The minimum Gasteiger partial charge on any atom is -0.0654 e. The van der Waals surface area contributed by atoms with E-state index in [1.165, 1.54) is 57.8 Å². The molecular formula is C19H30. The lowest BCUT2D eigenvalue weighted by molar-refractivity contribution is 0.517. The maximum atomic E-state index is 2.39. The minimum absolute atomic E-state index is 0.783. The van der Waals surface area contributed by atoms with Crippen LogP contribution in [0, 0.1) is 0 Å². The lowest BCUT2D eigenvalue weighted by atomic mass is 9.94. The molecule has 2 atom stereocenters. The zero-order chi connectivity index (χ0) is 13.5. The molecule has 0 saturated carbocycles. The van der Waals surface area contributed by atoms with E-state index in [0.717, 1.165) is 11.8 Å². The van der Waals surface area contributed by atoms with E-state index in [1.54, 1.807) is 11.1 Å². The quantitative estimate of drug-likeness (QED) is 0.472. The van der Waals surface area contributed by atoms with Crippen molar-refractivity contribution in [3.63, 3.8) is 0 Å². The van der Waals surface area contributed by atoms with Crippen molar-refractivity contribution in [1.29, 1.82) is 0 Å². The summed E-state index contributed by atoms with van der Waals surface area (Å²) in [6.07, 6.45) is 12.8. The predicted molar refractivity (Wildman–Crippen MR) is 84.8 cm³/mol. The second-order valence-electron chi connectivity index (χ2n) is 6.37. The lowest BCUT2D eigenvalue weighted by Crippen LogP contribution is -1.93. The van der Waals surface area contributed by atoms with Crippen molar-refractivity contribution in [3.05, 3.63) is 35.4 Å². The third-order valence-electron chi connectivity index (χ3n) is 4.76. The average Bonchev–Trinajstić information content (AvgIpc) is 2.75. The van der Waals surface area contributed by atoms with Gasteiger partial charge in [-0.1, -0.05) is 83.1 Å². The molecule has 0 spiro atoms. The molecule has 106 valence electrons. The van der Waals surface area contributed by atoms with Crippen LogP contribution >= 0.6 is 0 Å². The highest BCUT2D eigenvalue weighted by atomic mass is 14.3. The first-order valence-corrected chi connectivity index (χ1v) is 8.41. The first-order chi connectivity index (χ1) is 9.33. The molecule has 0 amide bonds. The summed E-state index contributed by atoms with van der Waals surface area (Å²) < 4.78 is 0. The molecule has 0 aliphatic heterocycles. The first kappa shape index (κ1) is 14.6. The number of hydrogen-bond donors (Lipinski definition) is 0. The molecule has 2 unspecified atom stereocenters. The van der Waals surface area contributed by atoms with Gasteiger partial charge in [-0.3, -0.25) is 0 Å². The number of rotatable bonds is 8. The SMILES string of the molecule is CCCCCCCCCC1CC(C)c2ccccc21. The van der Waals surface area contributed by atoms with Crippen molar-refractivity contribution in [2.24, 2.45) is 0 Å². The van der Waals surface area contributed by atoms with Gasteiger partial charge in [0, 0.05) is 0 Å². The molecule has 0 heterocycles. The van der Waals surface area contributed by atoms with Crippen LogP contribution in [0.15, 0.2) is 24.3 Å². The molecular weight excluding hydrogens is 228 g/mol. The van der Waals surface area contributed by atoms with E-state index in [4.69, 9.17) is 0 Å². The zero-order valence-electron chi connectivity index (χ0n) is 12.8. The van der Waals surface area contributed by atoms with Crippen LogP contribution in [0.1, 0.15) is 94.6 Å². The maximum Gasteiger partial charge on any atom is -0.0153 e. The molecule has 19 heavy (non-hydrogen) atoms. The Morgan fingerprint density at radius 2 is 1.53 bits per heavy atom. The highest BCUT2D eigenvalue weighted by Gasteiger charge is 2.26. The topological polar surface area (TPSA) is 0 Å². The summed E-state index contributed by atoms with van der Waals surface area (Å²) in [5, 5.41) is 0. The van der Waals surface area contributed by atoms with Crippen LogP contribution in [-0.4, -0.2) is 0 Å². The van der Waals surface area contributed by atoms with E-state index in [0.29, 0.717) is 0 Å². The van der Waals surface area contributed by atoms with Gasteiger partial charge >= 0.3 is 0 Å². The third kappa shape index (κ3) is 4.09. The summed E-state index contributed by atoms with van der Waals surface area (Å²) in [5.74, 6) is 1.63. The van der Waals surface area contributed by atoms with Crippen molar-refractivity contribution in [2.45, 2.75) is 83.5 Å². The summed E-state index contributed by atoms with van der Waals surface area (Å²) >= 11 is 0. The molecule has 0 N–H and O–H groups in total. The Bertz CT molecular complexity index is 366. The van der Waals surface area contributed by atoms with E-state index in [2.05, 4.69) is 38.1 Å².